The fraction of sp³-hybridized carbons (Fsp3) is 0.714. The molecule has 0 aromatic rings. The van der Waals surface area contributed by atoms with Crippen LogP contribution in [0, 0.1) is 0 Å². The van der Waals surface area contributed by atoms with Crippen LogP contribution >= 0.6 is 0 Å². The number of hydrogen-bond donors (Lipinski definition) is 1. The Bertz CT molecular complexity index is 167. The summed E-state index contributed by atoms with van der Waals surface area (Å²) in [5, 5.41) is 0. The van der Waals surface area contributed by atoms with Crippen molar-refractivity contribution in [3.8, 4) is 0 Å². The predicted molar refractivity (Wildman–Crippen MR) is 40.7 cm³/mol. The van der Waals surface area contributed by atoms with Gasteiger partial charge in [-0.25, -0.2) is 19.4 Å². The van der Waals surface area contributed by atoms with Crippen molar-refractivity contribution in [1.29, 1.82) is 0 Å². The normalized spacial score (nSPS) is 11.9. The smallest absolute Gasteiger partial charge is 0.319 e. The zero-order valence-corrected chi connectivity index (χ0v) is 7.20. The second-order valence-electron chi connectivity index (χ2n) is 2.40. The van der Waals surface area contributed by atoms with Crippen molar-refractivity contribution in [3.63, 3.8) is 0 Å². The van der Waals surface area contributed by atoms with Gasteiger partial charge in [0.1, 0.15) is 6.04 Å². The van der Waals surface area contributed by atoms with Crippen LogP contribution < -0.4 is 5.73 Å². The molecule has 0 heterocycles. The van der Waals surface area contributed by atoms with E-state index in [4.69, 9.17) is 5.73 Å². The minimum Gasteiger partial charge on any atom is -0.319 e. The third-order valence-corrected chi connectivity index (χ3v) is 1.04. The first-order chi connectivity index (χ1) is 5.57. The molecule has 0 aliphatic carbocycles. The molecule has 0 aliphatic heterocycles. The Morgan fingerprint density at radius 2 is 2.00 bits per heavy atom. The van der Waals surface area contributed by atoms with Gasteiger partial charge in [0, 0.05) is 6.42 Å². The highest BCUT2D eigenvalue weighted by molar-refractivity contribution is 5.76. The van der Waals surface area contributed by atoms with E-state index in [0.29, 0.717) is 6.42 Å². The van der Waals surface area contributed by atoms with E-state index in [-0.39, 0.29) is 6.42 Å². The third kappa shape index (κ3) is 4.68. The van der Waals surface area contributed by atoms with E-state index in [0.717, 1.165) is 0 Å². The van der Waals surface area contributed by atoms with E-state index in [1.165, 1.54) is 6.92 Å². The van der Waals surface area contributed by atoms with Crippen molar-refractivity contribution >= 4 is 11.9 Å². The number of hydrogen-bond acceptors (Lipinski definition) is 5. The third-order valence-electron chi connectivity index (χ3n) is 1.04. The fourth-order valence-corrected chi connectivity index (χ4v) is 0.409. The van der Waals surface area contributed by atoms with Crippen LogP contribution in [0.3, 0.4) is 0 Å². The Hall–Kier alpha value is -1.10. The first kappa shape index (κ1) is 10.9. The van der Waals surface area contributed by atoms with Gasteiger partial charge in [-0.3, -0.25) is 0 Å². The molecule has 0 aromatic carbocycles. The SMILES string of the molecule is CCCC(=O)OOC(=O)C(C)N. The standard InChI is InChI=1S/C7H13NO4/c1-3-4-6(9)11-12-7(10)5(2)8/h5H,3-4,8H2,1-2H3. The van der Waals surface area contributed by atoms with Gasteiger partial charge in [-0.15, -0.1) is 0 Å². The van der Waals surface area contributed by atoms with Gasteiger partial charge in [0.25, 0.3) is 0 Å². The summed E-state index contributed by atoms with van der Waals surface area (Å²) in [7, 11) is 0. The van der Waals surface area contributed by atoms with Gasteiger partial charge in [0.05, 0.1) is 0 Å². The molecule has 0 saturated heterocycles. The summed E-state index contributed by atoms with van der Waals surface area (Å²) in [6.07, 6.45) is 0.876. The van der Waals surface area contributed by atoms with Crippen molar-refractivity contribution in [2.75, 3.05) is 0 Å². The predicted octanol–water partition coefficient (Wildman–Crippen LogP) is 0.135. The molecule has 5 nitrogen and oxygen atoms in total. The molecule has 0 radical (unpaired) electrons. The topological polar surface area (TPSA) is 78.6 Å². The van der Waals surface area contributed by atoms with Gasteiger partial charge in [-0.05, 0) is 13.3 Å². The summed E-state index contributed by atoms with van der Waals surface area (Å²) in [6.45, 7) is 3.25. The van der Waals surface area contributed by atoms with E-state index < -0.39 is 18.0 Å². The van der Waals surface area contributed by atoms with E-state index in [1.807, 2.05) is 6.92 Å². The largest absolute Gasteiger partial charge is 0.371 e. The van der Waals surface area contributed by atoms with Crippen LogP contribution in [0.15, 0.2) is 0 Å². The minimum absolute atomic E-state index is 0.228. The molecule has 1 atom stereocenters. The van der Waals surface area contributed by atoms with Crippen molar-refractivity contribution in [2.45, 2.75) is 32.7 Å². The second kappa shape index (κ2) is 5.54. The Morgan fingerprint density at radius 1 is 1.42 bits per heavy atom. The highest BCUT2D eigenvalue weighted by Crippen LogP contribution is 1.93. The Labute approximate surface area is 70.7 Å². The van der Waals surface area contributed by atoms with Gasteiger partial charge in [0.15, 0.2) is 0 Å². The van der Waals surface area contributed by atoms with Crippen LogP contribution in [0.2, 0.25) is 0 Å². The van der Waals surface area contributed by atoms with E-state index >= 15 is 0 Å². The van der Waals surface area contributed by atoms with Crippen molar-refractivity contribution in [3.05, 3.63) is 0 Å². The maximum absolute atomic E-state index is 10.6. The van der Waals surface area contributed by atoms with Gasteiger partial charge in [-0.2, -0.15) is 0 Å². The van der Waals surface area contributed by atoms with Crippen molar-refractivity contribution in [1.82, 2.24) is 0 Å². The summed E-state index contributed by atoms with van der Waals surface area (Å²) < 4.78 is 0. The monoisotopic (exact) mass is 175 g/mol. The Kier molecular flexibility index (Phi) is 5.03. The molecule has 0 aliphatic rings. The van der Waals surface area contributed by atoms with Crippen molar-refractivity contribution in [2.24, 2.45) is 5.73 Å². The van der Waals surface area contributed by atoms with E-state index in [2.05, 4.69) is 9.78 Å². The molecule has 0 saturated carbocycles. The lowest BCUT2D eigenvalue weighted by molar-refractivity contribution is -0.259. The molecular formula is C7H13NO4. The summed E-state index contributed by atoms with van der Waals surface area (Å²) >= 11 is 0. The quantitative estimate of drug-likeness (QED) is 0.487. The minimum atomic E-state index is -0.778. The van der Waals surface area contributed by atoms with Crippen molar-refractivity contribution < 1.29 is 19.4 Å². The van der Waals surface area contributed by atoms with Gasteiger partial charge >= 0.3 is 11.9 Å². The first-order valence-electron chi connectivity index (χ1n) is 3.74. The first-order valence-corrected chi connectivity index (χ1v) is 3.74. The lowest BCUT2D eigenvalue weighted by Gasteiger charge is -2.03. The molecular weight excluding hydrogens is 162 g/mol. The van der Waals surface area contributed by atoms with Crippen LogP contribution in [0.25, 0.3) is 0 Å². The maximum atomic E-state index is 10.6. The molecule has 0 fully saturated rings. The number of rotatable bonds is 3. The average Bonchev–Trinajstić information content (AvgIpc) is 2.00. The van der Waals surface area contributed by atoms with Crippen LogP contribution in [0.5, 0.6) is 0 Å². The molecule has 70 valence electrons. The lowest BCUT2D eigenvalue weighted by atomic mass is 10.3. The fourth-order valence-electron chi connectivity index (χ4n) is 0.409. The molecule has 1 unspecified atom stereocenters. The molecule has 0 amide bonds. The van der Waals surface area contributed by atoms with Gasteiger partial charge in [-0.1, -0.05) is 6.92 Å². The summed E-state index contributed by atoms with van der Waals surface area (Å²) in [5.41, 5.74) is 5.13. The summed E-state index contributed by atoms with van der Waals surface area (Å²) in [6, 6.07) is -0.778. The van der Waals surface area contributed by atoms with E-state index in [1.54, 1.807) is 0 Å². The van der Waals surface area contributed by atoms with Crippen LogP contribution in [-0.2, 0) is 19.4 Å². The summed E-state index contributed by atoms with van der Waals surface area (Å²) in [4.78, 5) is 29.5. The zero-order chi connectivity index (χ0) is 9.56. The Morgan fingerprint density at radius 3 is 2.42 bits per heavy atom. The number of carbonyl (C=O) groups is 2. The Balaban J connectivity index is 3.54. The molecule has 5 heteroatoms. The molecule has 0 spiro atoms. The molecule has 0 aromatic heterocycles. The highest BCUT2D eigenvalue weighted by Gasteiger charge is 2.12. The molecule has 0 rings (SSSR count). The number of carbonyl (C=O) groups excluding carboxylic acids is 2. The maximum Gasteiger partial charge on any atom is 0.371 e. The summed E-state index contributed by atoms with van der Waals surface area (Å²) in [5.74, 6) is -1.31. The highest BCUT2D eigenvalue weighted by atomic mass is 17.2. The number of nitrogens with two attached hydrogens (primary N) is 1. The van der Waals surface area contributed by atoms with E-state index in [9.17, 15) is 9.59 Å². The molecule has 2 N–H and O–H groups in total. The van der Waals surface area contributed by atoms with Gasteiger partial charge in [0.2, 0.25) is 0 Å². The second-order valence-corrected chi connectivity index (χ2v) is 2.40. The molecule has 0 bridgehead atoms. The van der Waals surface area contributed by atoms with Crippen LogP contribution in [0.1, 0.15) is 26.7 Å². The van der Waals surface area contributed by atoms with Crippen LogP contribution in [0.4, 0.5) is 0 Å². The lowest BCUT2D eigenvalue weighted by Crippen LogP contribution is -2.29. The molecule has 12 heavy (non-hydrogen) atoms. The zero-order valence-electron chi connectivity index (χ0n) is 7.20. The van der Waals surface area contributed by atoms with Gasteiger partial charge < -0.3 is 5.73 Å². The average molecular weight is 175 g/mol. The van der Waals surface area contributed by atoms with Crippen LogP contribution in [-0.4, -0.2) is 18.0 Å².